The van der Waals surface area contributed by atoms with E-state index in [0.717, 1.165) is 19.3 Å². The van der Waals surface area contributed by atoms with Gasteiger partial charge in [0.1, 0.15) is 22.9 Å². The highest BCUT2D eigenvalue weighted by atomic mass is 35.5. The summed E-state index contributed by atoms with van der Waals surface area (Å²) in [7, 11) is 0. The molecule has 1 heterocycles. The molecule has 0 bridgehead atoms. The highest BCUT2D eigenvalue weighted by molar-refractivity contribution is 6.31. The van der Waals surface area contributed by atoms with Crippen molar-refractivity contribution in [3.8, 4) is 11.3 Å². The van der Waals surface area contributed by atoms with Crippen LogP contribution >= 0.6 is 11.6 Å². The molecule has 3 unspecified atom stereocenters. The molecule has 8 nitrogen and oxygen atoms in total. The van der Waals surface area contributed by atoms with Crippen molar-refractivity contribution in [1.29, 1.82) is 0 Å². The van der Waals surface area contributed by atoms with Crippen LogP contribution in [0.15, 0.2) is 42.6 Å². The number of carbonyl (C=O) groups excluding carboxylic acids is 2. The van der Waals surface area contributed by atoms with E-state index in [2.05, 4.69) is 29.5 Å². The second-order valence-electron chi connectivity index (χ2n) is 13.2. The molecule has 0 spiro atoms. The van der Waals surface area contributed by atoms with Crippen molar-refractivity contribution < 1.29 is 23.1 Å². The van der Waals surface area contributed by atoms with E-state index in [-0.39, 0.29) is 41.9 Å². The summed E-state index contributed by atoms with van der Waals surface area (Å²) in [6.45, 7) is 9.79. The quantitative estimate of drug-likeness (QED) is 0.286. The molecule has 0 saturated heterocycles. The number of ether oxygens (including phenoxy) is 1. The van der Waals surface area contributed by atoms with Crippen LogP contribution in [0, 0.1) is 29.4 Å². The molecule has 2 aliphatic carbocycles. The summed E-state index contributed by atoms with van der Waals surface area (Å²) in [4.78, 5) is 28.0. The Kier molecular flexibility index (Phi) is 9.30. The van der Waals surface area contributed by atoms with Gasteiger partial charge in [0.25, 0.3) is 0 Å². The maximum atomic E-state index is 14.8. The number of benzene rings is 2. The number of hydrogen-bond acceptors (Lipinski definition) is 5. The largest absolute Gasteiger partial charge is 0.444 e. The van der Waals surface area contributed by atoms with Crippen LogP contribution in [-0.4, -0.2) is 43.5 Å². The first-order valence-electron chi connectivity index (χ1n) is 15.3. The molecule has 2 aromatic carbocycles. The van der Waals surface area contributed by atoms with Crippen molar-refractivity contribution >= 4 is 29.3 Å². The Morgan fingerprint density at radius 1 is 1.11 bits per heavy atom. The van der Waals surface area contributed by atoms with E-state index >= 15 is 0 Å². The number of aromatic nitrogens is 3. The first-order chi connectivity index (χ1) is 20.8. The lowest BCUT2D eigenvalue weighted by Crippen LogP contribution is -2.51. The van der Waals surface area contributed by atoms with Crippen LogP contribution in [0.25, 0.3) is 11.3 Å². The molecule has 44 heavy (non-hydrogen) atoms. The van der Waals surface area contributed by atoms with Crippen molar-refractivity contribution in [2.75, 3.05) is 5.32 Å². The maximum Gasteiger partial charge on any atom is 0.412 e. The number of anilines is 1. The lowest BCUT2D eigenvalue weighted by atomic mass is 9.75. The number of amides is 2. The molecule has 0 aliphatic heterocycles. The third-order valence-electron chi connectivity index (χ3n) is 8.97. The minimum atomic E-state index is -0.674. The lowest BCUT2D eigenvalue weighted by Gasteiger charge is -2.45. The number of rotatable bonds is 7. The van der Waals surface area contributed by atoms with E-state index in [4.69, 9.17) is 16.3 Å². The van der Waals surface area contributed by atoms with Gasteiger partial charge < -0.3 is 9.64 Å². The molecule has 2 amide bonds. The van der Waals surface area contributed by atoms with E-state index < -0.39 is 23.3 Å². The van der Waals surface area contributed by atoms with E-state index in [9.17, 15) is 18.4 Å². The summed E-state index contributed by atoms with van der Waals surface area (Å²) in [5.41, 5.74) is 0.527. The van der Waals surface area contributed by atoms with Gasteiger partial charge in [-0.25, -0.2) is 18.3 Å². The van der Waals surface area contributed by atoms with Gasteiger partial charge in [-0.05, 0) is 82.2 Å². The van der Waals surface area contributed by atoms with Crippen LogP contribution in [0.2, 0.25) is 5.02 Å². The molecular formula is C33H40ClF2N5O3. The van der Waals surface area contributed by atoms with Gasteiger partial charge in [0.2, 0.25) is 5.91 Å². The molecule has 3 atom stereocenters. The summed E-state index contributed by atoms with van der Waals surface area (Å²) in [5, 5.41) is 11.3. The molecule has 5 rings (SSSR count). The Labute approximate surface area is 262 Å². The molecule has 11 heteroatoms. The third-order valence-corrected chi connectivity index (χ3v) is 9.33. The van der Waals surface area contributed by atoms with E-state index in [1.165, 1.54) is 24.3 Å². The minimum Gasteiger partial charge on any atom is -0.444 e. The minimum absolute atomic E-state index is 0.00109. The molecule has 1 aromatic heterocycles. The summed E-state index contributed by atoms with van der Waals surface area (Å²) in [6.07, 6.45) is 5.10. The topological polar surface area (TPSA) is 89.4 Å². The molecule has 1 N–H and O–H groups in total. The Morgan fingerprint density at radius 2 is 1.86 bits per heavy atom. The number of halogens is 3. The Morgan fingerprint density at radius 3 is 2.57 bits per heavy atom. The van der Waals surface area contributed by atoms with Crippen LogP contribution in [0.1, 0.15) is 78.3 Å². The number of carbonyl (C=O) groups is 2. The Bertz CT molecular complexity index is 1500. The third kappa shape index (κ3) is 7.06. The van der Waals surface area contributed by atoms with Crippen LogP contribution in [0.4, 0.5) is 19.3 Å². The number of hydrogen-bond donors (Lipinski definition) is 1. The standard InChI is InChI=1S/C33H40ClF2N5O3/c1-19-8-6-11-30(20(19)2)40(17-25-26(34)9-7-10-27(25)35)31(42)21-14-23(15-21)41-18-29(38-39-41)24-16-22(12-13-28(24)36)37-32(43)44-33(3,4)5/h7,9-10,12-13,16,18-21,23,30H,6,8,11,14-15,17H2,1-5H3,(H,37,43). The zero-order chi connectivity index (χ0) is 31.8. The summed E-state index contributed by atoms with van der Waals surface area (Å²) in [5.74, 6) is -0.430. The van der Waals surface area contributed by atoms with E-state index in [0.29, 0.717) is 40.7 Å². The van der Waals surface area contributed by atoms with Crippen LogP contribution in [-0.2, 0) is 16.1 Å². The molecule has 2 fully saturated rings. The fourth-order valence-corrected chi connectivity index (χ4v) is 6.47. The molecule has 236 valence electrons. The highest BCUT2D eigenvalue weighted by Gasteiger charge is 2.42. The molecule has 2 aliphatic rings. The fraction of sp³-hybridized carbons (Fsp3) is 0.515. The monoisotopic (exact) mass is 627 g/mol. The van der Waals surface area contributed by atoms with E-state index in [1.807, 2.05) is 4.90 Å². The van der Waals surface area contributed by atoms with Gasteiger partial charge in [0, 0.05) is 33.8 Å². The van der Waals surface area contributed by atoms with Gasteiger partial charge in [-0.15, -0.1) is 5.10 Å². The van der Waals surface area contributed by atoms with Gasteiger partial charge in [0.15, 0.2) is 0 Å². The van der Waals surface area contributed by atoms with Crippen LogP contribution < -0.4 is 5.32 Å². The molecule has 0 radical (unpaired) electrons. The first-order valence-corrected chi connectivity index (χ1v) is 15.6. The summed E-state index contributed by atoms with van der Waals surface area (Å²) < 4.78 is 36.6. The maximum absolute atomic E-state index is 14.8. The Hall–Kier alpha value is -3.53. The Balaban J connectivity index is 1.29. The number of nitrogens with zero attached hydrogens (tertiary/aromatic N) is 4. The van der Waals surface area contributed by atoms with Crippen molar-refractivity contribution in [1.82, 2.24) is 19.9 Å². The van der Waals surface area contributed by atoms with Gasteiger partial charge >= 0.3 is 6.09 Å². The zero-order valence-electron chi connectivity index (χ0n) is 25.8. The van der Waals surface area contributed by atoms with Crippen molar-refractivity contribution in [2.24, 2.45) is 17.8 Å². The average Bonchev–Trinajstić information content (AvgIpc) is 3.39. The average molecular weight is 628 g/mol. The van der Waals surface area contributed by atoms with Crippen molar-refractivity contribution in [3.63, 3.8) is 0 Å². The van der Waals surface area contributed by atoms with Gasteiger partial charge in [-0.2, -0.15) is 0 Å². The van der Waals surface area contributed by atoms with Crippen molar-refractivity contribution in [2.45, 2.75) is 91.0 Å². The summed E-state index contributed by atoms with van der Waals surface area (Å²) >= 11 is 6.39. The predicted octanol–water partition coefficient (Wildman–Crippen LogP) is 8.03. The predicted molar refractivity (Wildman–Crippen MR) is 165 cm³/mol. The smallest absolute Gasteiger partial charge is 0.412 e. The highest BCUT2D eigenvalue weighted by Crippen LogP contribution is 2.42. The summed E-state index contributed by atoms with van der Waals surface area (Å²) in [6, 6.07) is 8.71. The number of nitrogens with one attached hydrogen (secondary N) is 1. The van der Waals surface area contributed by atoms with Gasteiger partial charge in [-0.1, -0.05) is 49.6 Å². The van der Waals surface area contributed by atoms with Crippen LogP contribution in [0.5, 0.6) is 0 Å². The van der Waals surface area contributed by atoms with Crippen LogP contribution in [0.3, 0.4) is 0 Å². The zero-order valence-corrected chi connectivity index (χ0v) is 26.6. The molecule has 3 aromatic rings. The second-order valence-corrected chi connectivity index (χ2v) is 13.6. The molecular weight excluding hydrogens is 588 g/mol. The van der Waals surface area contributed by atoms with Gasteiger partial charge in [0.05, 0.1) is 18.8 Å². The lowest BCUT2D eigenvalue weighted by molar-refractivity contribution is -0.145. The first kappa shape index (κ1) is 31.9. The van der Waals surface area contributed by atoms with E-state index in [1.54, 1.807) is 43.8 Å². The normalized spacial score (nSPS) is 23.5. The SMILES string of the molecule is CC1CCCC(N(Cc2c(F)cccc2Cl)C(=O)C2CC(n3cc(-c4cc(NC(=O)OC(C)(C)C)ccc4F)nn3)C2)C1C. The van der Waals surface area contributed by atoms with Crippen molar-refractivity contribution in [3.05, 3.63) is 64.8 Å². The molecule has 2 saturated carbocycles. The fourth-order valence-electron chi connectivity index (χ4n) is 6.25. The second kappa shape index (κ2) is 12.8. The van der Waals surface area contributed by atoms with Gasteiger partial charge in [-0.3, -0.25) is 10.1 Å².